The number of rotatable bonds is 7. The zero-order valence-corrected chi connectivity index (χ0v) is 23.7. The molecule has 1 aromatic carbocycles. The molecule has 2 aliphatic rings. The Morgan fingerprint density at radius 3 is 2.83 bits per heavy atom. The van der Waals surface area contributed by atoms with Crippen molar-refractivity contribution < 1.29 is 8.78 Å². The van der Waals surface area contributed by atoms with Gasteiger partial charge in [0.25, 0.3) is 5.56 Å². The van der Waals surface area contributed by atoms with Crippen molar-refractivity contribution in [3.63, 3.8) is 0 Å². The standard InChI is InChI=1S/C29H30ClF2N5O2S/c1-29(31,32)7-12-35-11-6-25(38)37(28(35)39)17-21-15-24-27(40-21)22(5-9-34-24)23-14-19(30)13-18-3-2-10-36(26(18)23)20-4-8-33-16-20/h5-6,9,11,13-15,20,33H,2-4,7-8,10,12,16-17H2,1H3. The predicted molar refractivity (Wildman–Crippen MR) is 156 cm³/mol. The van der Waals surface area contributed by atoms with Crippen molar-refractivity contribution in [2.45, 2.75) is 57.7 Å². The van der Waals surface area contributed by atoms with Crippen LogP contribution in [-0.4, -0.2) is 45.7 Å². The first-order valence-corrected chi connectivity index (χ1v) is 14.7. The van der Waals surface area contributed by atoms with Gasteiger partial charge in [0.1, 0.15) is 0 Å². The van der Waals surface area contributed by atoms with Crippen LogP contribution in [0.3, 0.4) is 0 Å². The van der Waals surface area contributed by atoms with Gasteiger partial charge in [0.15, 0.2) is 0 Å². The molecule has 5 heterocycles. The molecule has 1 atom stereocenters. The van der Waals surface area contributed by atoms with E-state index in [4.69, 9.17) is 11.6 Å². The van der Waals surface area contributed by atoms with Gasteiger partial charge in [-0.25, -0.2) is 13.6 Å². The van der Waals surface area contributed by atoms with Gasteiger partial charge in [0.2, 0.25) is 5.92 Å². The SMILES string of the molecule is CC(F)(F)CCn1ccc(=O)n(Cc2cc3nccc(-c4cc(Cl)cc5c4N(C4CCNC4)CCC5)c3s2)c1=O. The largest absolute Gasteiger partial charge is 0.366 e. The predicted octanol–water partition coefficient (Wildman–Crippen LogP) is 5.15. The lowest BCUT2D eigenvalue weighted by atomic mass is 9.92. The van der Waals surface area contributed by atoms with E-state index in [1.165, 1.54) is 39.4 Å². The highest BCUT2D eigenvalue weighted by Crippen LogP contribution is 2.44. The molecule has 3 aromatic heterocycles. The smallest absolute Gasteiger partial charge is 0.331 e. The molecular formula is C29H30ClF2N5O2S. The molecule has 7 nitrogen and oxygen atoms in total. The van der Waals surface area contributed by atoms with Gasteiger partial charge in [-0.2, -0.15) is 0 Å². The fourth-order valence-electron chi connectivity index (χ4n) is 5.84. The Bertz CT molecular complexity index is 1690. The number of hydrogen-bond acceptors (Lipinski definition) is 6. The summed E-state index contributed by atoms with van der Waals surface area (Å²) >= 11 is 8.12. The molecule has 210 valence electrons. The lowest BCUT2D eigenvalue weighted by Gasteiger charge is -2.38. The molecule has 40 heavy (non-hydrogen) atoms. The first-order valence-electron chi connectivity index (χ1n) is 13.5. The minimum Gasteiger partial charge on any atom is -0.366 e. The van der Waals surface area contributed by atoms with Gasteiger partial charge in [-0.1, -0.05) is 11.6 Å². The fourth-order valence-corrected chi connectivity index (χ4v) is 7.21. The van der Waals surface area contributed by atoms with Gasteiger partial charge in [0, 0.05) is 77.3 Å². The number of pyridine rings is 1. The van der Waals surface area contributed by atoms with Crippen LogP contribution in [0, 0.1) is 0 Å². The number of hydrogen-bond donors (Lipinski definition) is 1. The number of anilines is 1. The molecule has 11 heteroatoms. The van der Waals surface area contributed by atoms with Crippen LogP contribution in [0.25, 0.3) is 21.3 Å². The Morgan fingerprint density at radius 2 is 2.05 bits per heavy atom. The summed E-state index contributed by atoms with van der Waals surface area (Å²) in [4.78, 5) is 33.5. The van der Waals surface area contributed by atoms with E-state index >= 15 is 0 Å². The van der Waals surface area contributed by atoms with Crippen LogP contribution in [-0.2, 0) is 19.5 Å². The number of nitrogens with zero attached hydrogens (tertiary/aromatic N) is 4. The summed E-state index contributed by atoms with van der Waals surface area (Å²) in [5.41, 5.74) is 4.24. The van der Waals surface area contributed by atoms with Crippen molar-refractivity contribution >= 4 is 38.8 Å². The van der Waals surface area contributed by atoms with Crippen molar-refractivity contribution in [3.8, 4) is 11.1 Å². The molecular weight excluding hydrogens is 556 g/mol. The van der Waals surface area contributed by atoms with Gasteiger partial charge >= 0.3 is 5.69 Å². The first kappa shape index (κ1) is 27.1. The lowest BCUT2D eigenvalue weighted by molar-refractivity contribution is 0.00826. The Labute approximate surface area is 239 Å². The third-order valence-electron chi connectivity index (χ3n) is 7.76. The second kappa shape index (κ2) is 10.7. The summed E-state index contributed by atoms with van der Waals surface area (Å²) in [7, 11) is 0. The van der Waals surface area contributed by atoms with Crippen LogP contribution >= 0.6 is 22.9 Å². The number of benzene rings is 1. The summed E-state index contributed by atoms with van der Waals surface area (Å²) in [6, 6.07) is 9.67. The molecule has 1 saturated heterocycles. The third kappa shape index (κ3) is 5.32. The maximum Gasteiger partial charge on any atom is 0.331 e. The number of alkyl halides is 2. The fraction of sp³-hybridized carbons (Fsp3) is 0.414. The molecule has 4 aromatic rings. The minimum absolute atomic E-state index is 0.0367. The van der Waals surface area contributed by atoms with Crippen LogP contribution in [0.5, 0.6) is 0 Å². The molecule has 0 spiro atoms. The Kier molecular flexibility index (Phi) is 7.27. The highest BCUT2D eigenvalue weighted by molar-refractivity contribution is 7.19. The summed E-state index contributed by atoms with van der Waals surface area (Å²) in [5, 5.41) is 4.18. The third-order valence-corrected chi connectivity index (χ3v) is 9.12. The maximum atomic E-state index is 13.4. The summed E-state index contributed by atoms with van der Waals surface area (Å²) in [6.07, 6.45) is 5.71. The molecule has 0 radical (unpaired) electrons. The van der Waals surface area contributed by atoms with E-state index in [2.05, 4.69) is 21.3 Å². The zero-order chi connectivity index (χ0) is 28.0. The Balaban J connectivity index is 1.40. The zero-order valence-electron chi connectivity index (χ0n) is 22.1. The van der Waals surface area contributed by atoms with Gasteiger partial charge in [-0.3, -0.25) is 14.3 Å². The maximum absolute atomic E-state index is 13.4. The van der Waals surface area contributed by atoms with E-state index in [0.717, 1.165) is 76.6 Å². The summed E-state index contributed by atoms with van der Waals surface area (Å²) in [5.74, 6) is -2.91. The summed E-state index contributed by atoms with van der Waals surface area (Å²) in [6.45, 7) is 3.63. The number of aromatic nitrogens is 3. The Hall–Kier alpha value is -3.08. The van der Waals surface area contributed by atoms with Crippen molar-refractivity contribution in [1.29, 1.82) is 0 Å². The molecule has 6 rings (SSSR count). The second-order valence-electron chi connectivity index (χ2n) is 10.7. The minimum atomic E-state index is -2.91. The van der Waals surface area contributed by atoms with E-state index < -0.39 is 23.6 Å². The molecule has 0 bridgehead atoms. The molecule has 0 saturated carbocycles. The molecule has 1 N–H and O–H groups in total. The number of fused-ring (bicyclic) bond motifs is 2. The van der Waals surface area contributed by atoms with Gasteiger partial charge in [0.05, 0.1) is 16.8 Å². The number of nitrogens with one attached hydrogen (secondary N) is 1. The molecule has 1 unspecified atom stereocenters. The van der Waals surface area contributed by atoms with Crippen LogP contribution in [0.2, 0.25) is 5.02 Å². The van der Waals surface area contributed by atoms with Gasteiger partial charge < -0.3 is 14.8 Å². The van der Waals surface area contributed by atoms with Crippen LogP contribution in [0.15, 0.2) is 52.3 Å². The van der Waals surface area contributed by atoms with E-state index in [9.17, 15) is 18.4 Å². The van der Waals surface area contributed by atoms with Crippen molar-refractivity contribution in [3.05, 3.63) is 79.0 Å². The second-order valence-corrected chi connectivity index (χ2v) is 12.3. The number of halogens is 3. The average molecular weight is 586 g/mol. The number of thiophene rings is 1. The van der Waals surface area contributed by atoms with Crippen LogP contribution in [0.4, 0.5) is 14.5 Å². The first-order chi connectivity index (χ1) is 19.2. The Morgan fingerprint density at radius 1 is 1.20 bits per heavy atom. The van der Waals surface area contributed by atoms with Gasteiger partial charge in [-0.15, -0.1) is 11.3 Å². The van der Waals surface area contributed by atoms with E-state index in [1.54, 1.807) is 6.20 Å². The van der Waals surface area contributed by atoms with E-state index in [1.807, 2.05) is 18.2 Å². The normalized spacial score (nSPS) is 17.5. The lowest BCUT2D eigenvalue weighted by Crippen LogP contribution is -2.40. The van der Waals surface area contributed by atoms with Crippen LogP contribution < -0.4 is 21.5 Å². The van der Waals surface area contributed by atoms with Crippen molar-refractivity contribution in [2.75, 3.05) is 24.5 Å². The van der Waals surface area contributed by atoms with E-state index in [0.29, 0.717) is 11.1 Å². The number of aryl methyl sites for hydroxylation is 2. The molecule has 0 amide bonds. The van der Waals surface area contributed by atoms with Crippen LogP contribution in [0.1, 0.15) is 36.6 Å². The molecule has 1 fully saturated rings. The quantitative estimate of drug-likeness (QED) is 0.325. The molecule has 2 aliphatic heterocycles. The van der Waals surface area contributed by atoms with Crippen molar-refractivity contribution in [1.82, 2.24) is 19.4 Å². The molecule has 0 aliphatic carbocycles. The highest BCUT2D eigenvalue weighted by atomic mass is 35.5. The topological polar surface area (TPSA) is 72.2 Å². The van der Waals surface area contributed by atoms with Crippen molar-refractivity contribution in [2.24, 2.45) is 0 Å². The van der Waals surface area contributed by atoms with E-state index in [-0.39, 0.29) is 13.1 Å². The highest BCUT2D eigenvalue weighted by Gasteiger charge is 2.30. The monoisotopic (exact) mass is 585 g/mol. The average Bonchev–Trinajstić information content (AvgIpc) is 3.59. The van der Waals surface area contributed by atoms with Gasteiger partial charge in [-0.05, 0) is 62.6 Å². The summed E-state index contributed by atoms with van der Waals surface area (Å²) < 4.78 is 30.0.